The molecule has 154 valence electrons. The zero-order valence-electron chi connectivity index (χ0n) is 16.2. The van der Waals surface area contributed by atoms with Crippen LogP contribution in [0.2, 0.25) is 0 Å². The Kier molecular flexibility index (Phi) is 10.6. The van der Waals surface area contributed by atoms with Gasteiger partial charge in [-0.3, -0.25) is 4.99 Å². The second kappa shape index (κ2) is 12.4. The fourth-order valence-electron chi connectivity index (χ4n) is 2.49. The summed E-state index contributed by atoms with van der Waals surface area (Å²) in [7, 11) is 3.24. The van der Waals surface area contributed by atoms with Crippen molar-refractivity contribution >= 4 is 29.9 Å². The van der Waals surface area contributed by atoms with Crippen LogP contribution < -0.4 is 20.1 Å². The van der Waals surface area contributed by atoms with Gasteiger partial charge < -0.3 is 20.1 Å². The second-order valence-electron chi connectivity index (χ2n) is 5.92. The molecule has 2 aromatic carbocycles. The predicted octanol–water partition coefficient (Wildman–Crippen LogP) is 3.77. The Balaban J connectivity index is 0.00000392. The van der Waals surface area contributed by atoms with Gasteiger partial charge in [0.2, 0.25) is 0 Å². The molecule has 0 bridgehead atoms. The van der Waals surface area contributed by atoms with Crippen LogP contribution in [0.25, 0.3) is 0 Å². The van der Waals surface area contributed by atoms with E-state index >= 15 is 0 Å². The normalized spacial score (nSPS) is 12.0. The van der Waals surface area contributed by atoms with Crippen molar-refractivity contribution in [2.24, 2.45) is 4.99 Å². The summed E-state index contributed by atoms with van der Waals surface area (Å²) in [5.41, 5.74) is 0.325. The number of rotatable bonds is 8. The fraction of sp³-hybridized carbons (Fsp3) is 0.350. The zero-order valence-corrected chi connectivity index (χ0v) is 18.5. The lowest BCUT2D eigenvalue weighted by Gasteiger charge is -2.19. The van der Waals surface area contributed by atoms with Crippen LogP contribution in [0.15, 0.2) is 47.5 Å². The highest BCUT2D eigenvalue weighted by atomic mass is 127. The number of hydrogen-bond donors (Lipinski definition) is 2. The Morgan fingerprint density at radius 2 is 1.79 bits per heavy atom. The van der Waals surface area contributed by atoms with Crippen LogP contribution in [0.5, 0.6) is 11.5 Å². The first-order valence-electron chi connectivity index (χ1n) is 8.72. The molecule has 0 heterocycles. The van der Waals surface area contributed by atoms with Crippen LogP contribution in [0.1, 0.15) is 12.5 Å². The summed E-state index contributed by atoms with van der Waals surface area (Å²) in [6, 6.07) is 11.6. The largest absolute Gasteiger partial charge is 0.493 e. The number of benzene rings is 2. The van der Waals surface area contributed by atoms with Gasteiger partial charge in [0.1, 0.15) is 6.10 Å². The van der Waals surface area contributed by atoms with Gasteiger partial charge in [0.05, 0.1) is 13.7 Å². The van der Waals surface area contributed by atoms with Crippen LogP contribution in [0.3, 0.4) is 0 Å². The maximum Gasteiger partial charge on any atom is 0.191 e. The molecule has 2 rings (SSSR count). The molecule has 5 nitrogen and oxygen atoms in total. The third kappa shape index (κ3) is 7.14. The smallest absolute Gasteiger partial charge is 0.191 e. The molecule has 28 heavy (non-hydrogen) atoms. The topological polar surface area (TPSA) is 54.9 Å². The highest BCUT2D eigenvalue weighted by Crippen LogP contribution is 2.26. The molecule has 0 saturated carbocycles. The maximum atomic E-state index is 13.7. The number of halogens is 3. The number of nitrogens with one attached hydrogen (secondary N) is 2. The van der Waals surface area contributed by atoms with Gasteiger partial charge in [0.15, 0.2) is 29.1 Å². The average Bonchev–Trinajstić information content (AvgIpc) is 2.68. The van der Waals surface area contributed by atoms with E-state index in [1.165, 1.54) is 6.07 Å². The molecule has 0 aliphatic carbocycles. The van der Waals surface area contributed by atoms with Gasteiger partial charge in [-0.25, -0.2) is 8.78 Å². The summed E-state index contributed by atoms with van der Waals surface area (Å²) in [5, 5.41) is 6.22. The number of ether oxygens (including phenoxy) is 2. The van der Waals surface area contributed by atoms with Crippen molar-refractivity contribution < 1.29 is 18.3 Å². The second-order valence-corrected chi connectivity index (χ2v) is 5.92. The number of methoxy groups -OCH3 is 1. The average molecular weight is 505 g/mol. The van der Waals surface area contributed by atoms with Gasteiger partial charge in [0.25, 0.3) is 0 Å². The maximum absolute atomic E-state index is 13.7. The molecule has 0 amide bonds. The van der Waals surface area contributed by atoms with Gasteiger partial charge in [-0.1, -0.05) is 24.3 Å². The SMILES string of the molecule is CN=C(NCCc1cccc(F)c1F)NCC(C)Oc1ccccc1OC.I. The van der Waals surface area contributed by atoms with Gasteiger partial charge in [-0.15, -0.1) is 24.0 Å². The standard InChI is InChI=1S/C20H25F2N3O2.HI/c1-14(27-18-10-5-4-9-17(18)26-3)13-25-20(23-2)24-12-11-15-7-6-8-16(21)19(15)22;/h4-10,14H,11-13H2,1-3H3,(H2,23,24,25);1H. The molecule has 0 aliphatic heterocycles. The molecular formula is C20H26F2IN3O2. The van der Waals surface area contributed by atoms with E-state index < -0.39 is 11.6 Å². The van der Waals surface area contributed by atoms with Crippen LogP contribution in [-0.4, -0.2) is 39.3 Å². The van der Waals surface area contributed by atoms with E-state index in [4.69, 9.17) is 9.47 Å². The molecule has 0 saturated heterocycles. The van der Waals surface area contributed by atoms with Crippen LogP contribution in [0, 0.1) is 11.6 Å². The zero-order chi connectivity index (χ0) is 19.6. The predicted molar refractivity (Wildman–Crippen MR) is 118 cm³/mol. The molecule has 1 unspecified atom stereocenters. The Bertz CT molecular complexity index is 775. The Labute approximate surface area is 181 Å². The quantitative estimate of drug-likeness (QED) is 0.326. The van der Waals surface area contributed by atoms with Crippen molar-refractivity contribution in [2.45, 2.75) is 19.4 Å². The van der Waals surface area contributed by atoms with Gasteiger partial charge in [-0.05, 0) is 37.1 Å². The number of nitrogens with zero attached hydrogens (tertiary/aromatic N) is 1. The summed E-state index contributed by atoms with van der Waals surface area (Å²) >= 11 is 0. The number of hydrogen-bond acceptors (Lipinski definition) is 3. The molecule has 0 aliphatic rings. The summed E-state index contributed by atoms with van der Waals surface area (Å²) in [5.74, 6) is 0.253. The van der Waals surface area contributed by atoms with Gasteiger partial charge >= 0.3 is 0 Å². The molecule has 0 fully saturated rings. The summed E-state index contributed by atoms with van der Waals surface area (Å²) in [6.07, 6.45) is 0.206. The van der Waals surface area contributed by atoms with E-state index in [1.807, 2.05) is 31.2 Å². The monoisotopic (exact) mass is 505 g/mol. The van der Waals surface area contributed by atoms with Gasteiger partial charge in [0, 0.05) is 13.6 Å². The van der Waals surface area contributed by atoms with Crippen molar-refractivity contribution in [3.8, 4) is 11.5 Å². The highest BCUT2D eigenvalue weighted by Gasteiger charge is 2.10. The summed E-state index contributed by atoms with van der Waals surface area (Å²) < 4.78 is 38.0. The van der Waals surface area contributed by atoms with E-state index in [-0.39, 0.29) is 30.1 Å². The van der Waals surface area contributed by atoms with Crippen molar-refractivity contribution in [3.63, 3.8) is 0 Å². The van der Waals surface area contributed by atoms with E-state index in [9.17, 15) is 8.78 Å². The minimum Gasteiger partial charge on any atom is -0.493 e. The first kappa shape index (κ1) is 23.9. The lowest BCUT2D eigenvalue weighted by Crippen LogP contribution is -2.42. The third-order valence-electron chi connectivity index (χ3n) is 3.90. The first-order valence-corrected chi connectivity index (χ1v) is 8.72. The minimum atomic E-state index is -0.836. The number of aliphatic imine (C=N–C) groups is 1. The van der Waals surface area contributed by atoms with Gasteiger partial charge in [-0.2, -0.15) is 0 Å². The minimum absolute atomic E-state index is 0. The highest BCUT2D eigenvalue weighted by molar-refractivity contribution is 14.0. The van der Waals surface area contributed by atoms with Crippen molar-refractivity contribution in [3.05, 3.63) is 59.7 Å². The Morgan fingerprint density at radius 3 is 2.46 bits per heavy atom. The number of guanidine groups is 1. The summed E-state index contributed by atoms with van der Waals surface area (Å²) in [6.45, 7) is 2.85. The van der Waals surface area contributed by atoms with Crippen molar-refractivity contribution in [2.75, 3.05) is 27.2 Å². The van der Waals surface area contributed by atoms with Crippen LogP contribution in [-0.2, 0) is 6.42 Å². The number of para-hydroxylation sites is 2. The Hall–Kier alpha value is -2.10. The lowest BCUT2D eigenvalue weighted by molar-refractivity contribution is 0.213. The molecule has 0 aromatic heterocycles. The molecule has 0 spiro atoms. The molecule has 0 radical (unpaired) electrons. The van der Waals surface area contributed by atoms with Crippen molar-refractivity contribution in [1.29, 1.82) is 0 Å². The summed E-state index contributed by atoms with van der Waals surface area (Å²) in [4.78, 5) is 4.12. The van der Waals surface area contributed by atoms with Crippen molar-refractivity contribution in [1.82, 2.24) is 10.6 Å². The van der Waals surface area contributed by atoms with Crippen LogP contribution in [0.4, 0.5) is 8.78 Å². The van der Waals surface area contributed by atoms with E-state index in [2.05, 4.69) is 15.6 Å². The fourth-order valence-corrected chi connectivity index (χ4v) is 2.49. The molecule has 2 aromatic rings. The third-order valence-corrected chi connectivity index (χ3v) is 3.90. The lowest BCUT2D eigenvalue weighted by atomic mass is 10.1. The molecule has 1 atom stereocenters. The van der Waals surface area contributed by atoms with E-state index in [0.29, 0.717) is 42.5 Å². The first-order chi connectivity index (χ1) is 13.0. The van der Waals surface area contributed by atoms with E-state index in [1.54, 1.807) is 20.2 Å². The molecule has 2 N–H and O–H groups in total. The molecule has 8 heteroatoms. The van der Waals surface area contributed by atoms with Crippen LogP contribution >= 0.6 is 24.0 Å². The molecular weight excluding hydrogens is 479 g/mol. The van der Waals surface area contributed by atoms with E-state index in [0.717, 1.165) is 6.07 Å². The Morgan fingerprint density at radius 1 is 1.07 bits per heavy atom.